The number of rotatable bonds is 3. The maximum absolute atomic E-state index is 13.1. The number of amides is 1. The van der Waals surface area contributed by atoms with E-state index in [0.717, 1.165) is 10.9 Å². The molecule has 1 aliphatic heterocycles. The van der Waals surface area contributed by atoms with Crippen molar-refractivity contribution in [1.29, 1.82) is 0 Å². The van der Waals surface area contributed by atoms with E-state index in [0.29, 0.717) is 24.4 Å². The van der Waals surface area contributed by atoms with E-state index in [-0.39, 0.29) is 17.8 Å². The van der Waals surface area contributed by atoms with Crippen molar-refractivity contribution in [3.63, 3.8) is 0 Å². The highest BCUT2D eigenvalue weighted by Crippen LogP contribution is 2.21. The molecule has 1 fully saturated rings. The average Bonchev–Trinajstić information content (AvgIpc) is 2.95. The Hall–Kier alpha value is -1.95. The molecule has 2 aromatic rings. The predicted octanol–water partition coefficient (Wildman–Crippen LogP) is 3.28. The number of carbonyl (C=O) groups is 1. The lowest BCUT2D eigenvalue weighted by Crippen LogP contribution is -2.31. The first kappa shape index (κ1) is 15.0. The molecule has 1 unspecified atom stereocenters. The fourth-order valence-electron chi connectivity index (χ4n) is 2.45. The number of ether oxygens (including phenoxy) is 1. The lowest BCUT2D eigenvalue weighted by atomic mass is 10.2. The summed E-state index contributed by atoms with van der Waals surface area (Å²) in [5.41, 5.74) is 0.542. The second-order valence-electron chi connectivity index (χ2n) is 5.13. The second-order valence-corrected chi connectivity index (χ2v) is 6.04. The van der Waals surface area contributed by atoms with Crippen LogP contribution in [0.2, 0.25) is 0 Å². The van der Waals surface area contributed by atoms with Crippen molar-refractivity contribution < 1.29 is 13.9 Å². The van der Waals surface area contributed by atoms with Crippen LogP contribution >= 0.6 is 15.9 Å². The summed E-state index contributed by atoms with van der Waals surface area (Å²) in [5.74, 6) is 0.0891. The minimum atomic E-state index is -0.330. The standard InChI is InChI=1S/C16H14BrFN2O2/c17-12-6-11(8-19-9-12)16(21)20-5-4-15(10-20)22-14-3-1-2-13(18)7-14/h1-3,6-9,15H,4-5,10H2. The third kappa shape index (κ3) is 3.44. The molecule has 0 saturated carbocycles. The summed E-state index contributed by atoms with van der Waals surface area (Å²) in [5, 5.41) is 0. The number of benzene rings is 1. The Morgan fingerprint density at radius 1 is 1.36 bits per heavy atom. The predicted molar refractivity (Wildman–Crippen MR) is 83.3 cm³/mol. The molecule has 0 radical (unpaired) electrons. The zero-order valence-electron chi connectivity index (χ0n) is 11.7. The maximum atomic E-state index is 13.1. The first-order chi connectivity index (χ1) is 10.6. The summed E-state index contributed by atoms with van der Waals surface area (Å²) >= 11 is 3.31. The molecule has 1 aromatic carbocycles. The van der Waals surface area contributed by atoms with Crippen LogP contribution in [0.1, 0.15) is 16.8 Å². The first-order valence-corrected chi connectivity index (χ1v) is 7.73. The smallest absolute Gasteiger partial charge is 0.255 e. The van der Waals surface area contributed by atoms with Gasteiger partial charge in [-0.05, 0) is 34.1 Å². The third-order valence-corrected chi connectivity index (χ3v) is 3.92. The molecule has 1 saturated heterocycles. The Morgan fingerprint density at radius 3 is 3.00 bits per heavy atom. The van der Waals surface area contributed by atoms with Crippen LogP contribution < -0.4 is 4.74 Å². The lowest BCUT2D eigenvalue weighted by Gasteiger charge is -2.17. The summed E-state index contributed by atoms with van der Waals surface area (Å²) in [4.78, 5) is 18.1. The number of aromatic nitrogens is 1. The molecule has 1 aliphatic rings. The zero-order valence-corrected chi connectivity index (χ0v) is 13.3. The molecule has 114 valence electrons. The van der Waals surface area contributed by atoms with Crippen molar-refractivity contribution in [3.8, 4) is 5.75 Å². The molecule has 1 amide bonds. The topological polar surface area (TPSA) is 42.4 Å². The summed E-state index contributed by atoms with van der Waals surface area (Å²) in [6.07, 6.45) is 3.79. The quantitative estimate of drug-likeness (QED) is 0.839. The van der Waals surface area contributed by atoms with Gasteiger partial charge in [-0.15, -0.1) is 0 Å². The molecular weight excluding hydrogens is 351 g/mol. The van der Waals surface area contributed by atoms with Gasteiger partial charge in [0.15, 0.2) is 0 Å². The Labute approximate surface area is 136 Å². The van der Waals surface area contributed by atoms with Crippen molar-refractivity contribution in [2.75, 3.05) is 13.1 Å². The Bertz CT molecular complexity index is 695. The molecule has 3 rings (SSSR count). The van der Waals surface area contributed by atoms with Crippen LogP contribution in [0.15, 0.2) is 47.2 Å². The largest absolute Gasteiger partial charge is 0.488 e. The van der Waals surface area contributed by atoms with Crippen LogP contribution in [0.5, 0.6) is 5.75 Å². The average molecular weight is 365 g/mol. The fourth-order valence-corrected chi connectivity index (χ4v) is 2.82. The number of nitrogens with zero attached hydrogens (tertiary/aromatic N) is 2. The van der Waals surface area contributed by atoms with Gasteiger partial charge in [-0.25, -0.2) is 4.39 Å². The molecule has 4 nitrogen and oxygen atoms in total. The van der Waals surface area contributed by atoms with Crippen LogP contribution in [0, 0.1) is 5.82 Å². The van der Waals surface area contributed by atoms with Gasteiger partial charge in [0.05, 0.1) is 12.1 Å². The van der Waals surface area contributed by atoms with Gasteiger partial charge >= 0.3 is 0 Å². The van der Waals surface area contributed by atoms with Gasteiger partial charge in [0.2, 0.25) is 0 Å². The highest BCUT2D eigenvalue weighted by molar-refractivity contribution is 9.10. The number of hydrogen-bond acceptors (Lipinski definition) is 3. The van der Waals surface area contributed by atoms with Crippen LogP contribution in [0.3, 0.4) is 0 Å². The van der Waals surface area contributed by atoms with Gasteiger partial charge in [0.1, 0.15) is 17.7 Å². The lowest BCUT2D eigenvalue weighted by molar-refractivity contribution is 0.0772. The van der Waals surface area contributed by atoms with E-state index in [1.165, 1.54) is 12.1 Å². The van der Waals surface area contributed by atoms with E-state index in [2.05, 4.69) is 20.9 Å². The summed E-state index contributed by atoms with van der Waals surface area (Å²) in [6, 6.07) is 7.79. The molecule has 1 aromatic heterocycles. The fraction of sp³-hybridized carbons (Fsp3) is 0.250. The summed E-state index contributed by atoms with van der Waals surface area (Å²) in [6.45, 7) is 1.10. The summed E-state index contributed by atoms with van der Waals surface area (Å²) < 4.78 is 19.7. The van der Waals surface area contributed by atoms with Crippen molar-refractivity contribution in [2.24, 2.45) is 0 Å². The first-order valence-electron chi connectivity index (χ1n) is 6.94. The summed E-state index contributed by atoms with van der Waals surface area (Å²) in [7, 11) is 0. The highest BCUT2D eigenvalue weighted by atomic mass is 79.9. The monoisotopic (exact) mass is 364 g/mol. The third-order valence-electron chi connectivity index (χ3n) is 3.48. The minimum absolute atomic E-state index is 0.0702. The molecular formula is C16H14BrFN2O2. The molecule has 6 heteroatoms. The van der Waals surface area contributed by atoms with Gasteiger partial charge < -0.3 is 9.64 Å². The normalized spacial score (nSPS) is 17.5. The van der Waals surface area contributed by atoms with Crippen LogP contribution in [0.25, 0.3) is 0 Å². The number of halogens is 2. The SMILES string of the molecule is O=C(c1cncc(Br)c1)N1CCC(Oc2cccc(F)c2)C1. The minimum Gasteiger partial charge on any atom is -0.488 e. The van der Waals surface area contributed by atoms with Crippen LogP contribution in [-0.4, -0.2) is 35.0 Å². The van der Waals surface area contributed by atoms with E-state index in [9.17, 15) is 9.18 Å². The van der Waals surface area contributed by atoms with Crippen molar-refractivity contribution >= 4 is 21.8 Å². The number of hydrogen-bond donors (Lipinski definition) is 0. The van der Waals surface area contributed by atoms with Crippen LogP contribution in [-0.2, 0) is 0 Å². The Kier molecular flexibility index (Phi) is 4.38. The molecule has 0 N–H and O–H groups in total. The van der Waals surface area contributed by atoms with E-state index in [1.807, 2.05) is 0 Å². The van der Waals surface area contributed by atoms with Gasteiger partial charge in [0, 0.05) is 35.9 Å². The van der Waals surface area contributed by atoms with Gasteiger partial charge in [-0.2, -0.15) is 0 Å². The highest BCUT2D eigenvalue weighted by Gasteiger charge is 2.28. The van der Waals surface area contributed by atoms with Crippen molar-refractivity contribution in [3.05, 3.63) is 58.6 Å². The molecule has 1 atom stereocenters. The zero-order chi connectivity index (χ0) is 15.5. The molecule has 0 spiro atoms. The van der Waals surface area contributed by atoms with E-state index in [1.54, 1.807) is 35.5 Å². The molecule has 2 heterocycles. The van der Waals surface area contributed by atoms with E-state index >= 15 is 0 Å². The maximum Gasteiger partial charge on any atom is 0.255 e. The number of pyridine rings is 1. The second kappa shape index (κ2) is 6.44. The molecule has 22 heavy (non-hydrogen) atoms. The number of carbonyl (C=O) groups excluding carboxylic acids is 1. The van der Waals surface area contributed by atoms with E-state index < -0.39 is 0 Å². The van der Waals surface area contributed by atoms with E-state index in [4.69, 9.17) is 4.74 Å². The van der Waals surface area contributed by atoms with Crippen molar-refractivity contribution in [1.82, 2.24) is 9.88 Å². The van der Waals surface area contributed by atoms with Gasteiger partial charge in [-0.1, -0.05) is 6.07 Å². The van der Waals surface area contributed by atoms with Crippen molar-refractivity contribution in [2.45, 2.75) is 12.5 Å². The Balaban J connectivity index is 1.63. The van der Waals surface area contributed by atoms with Crippen LogP contribution in [0.4, 0.5) is 4.39 Å². The van der Waals surface area contributed by atoms with Gasteiger partial charge in [-0.3, -0.25) is 9.78 Å². The molecule has 0 bridgehead atoms. The number of likely N-dealkylation sites (tertiary alicyclic amines) is 1. The Morgan fingerprint density at radius 2 is 2.23 bits per heavy atom. The van der Waals surface area contributed by atoms with Gasteiger partial charge in [0.25, 0.3) is 5.91 Å². The molecule has 0 aliphatic carbocycles.